The molecule has 0 N–H and O–H groups in total. The van der Waals surface area contributed by atoms with Crippen molar-refractivity contribution in [3.63, 3.8) is 0 Å². The van der Waals surface area contributed by atoms with Crippen LogP contribution < -0.4 is 0 Å². The lowest BCUT2D eigenvalue weighted by Crippen LogP contribution is -2.02. The fraction of sp³-hybridized carbons (Fsp3) is 0.167. The van der Waals surface area contributed by atoms with Crippen LogP contribution in [0.2, 0.25) is 0 Å². The van der Waals surface area contributed by atoms with Gasteiger partial charge in [0.05, 0.1) is 6.54 Å². The summed E-state index contributed by atoms with van der Waals surface area (Å²) in [6.45, 7) is 0.722. The van der Waals surface area contributed by atoms with Gasteiger partial charge >= 0.3 is 0 Å². The zero-order valence-electron chi connectivity index (χ0n) is 10.0. The summed E-state index contributed by atoms with van der Waals surface area (Å²) < 4.78 is 1.83. The Hall–Kier alpha value is -1.73. The van der Waals surface area contributed by atoms with E-state index < -0.39 is 0 Å². The summed E-state index contributed by atoms with van der Waals surface area (Å²) in [6, 6.07) is 8.10. The molecule has 19 heavy (non-hydrogen) atoms. The summed E-state index contributed by atoms with van der Waals surface area (Å²) in [6.07, 6.45) is 3.63. The van der Waals surface area contributed by atoms with E-state index >= 15 is 0 Å². The molecule has 0 aliphatic heterocycles. The molecule has 0 aromatic carbocycles. The van der Waals surface area contributed by atoms with Crippen LogP contribution in [-0.4, -0.2) is 25.2 Å². The van der Waals surface area contributed by atoms with E-state index in [4.69, 9.17) is 0 Å². The Bertz CT molecular complexity index is 621. The predicted octanol–water partition coefficient (Wildman–Crippen LogP) is 2.47. The summed E-state index contributed by atoms with van der Waals surface area (Å²) in [4.78, 5) is 5.34. The molecule has 0 fully saturated rings. The second-order valence-corrected chi connectivity index (χ2v) is 5.82. The van der Waals surface area contributed by atoms with Crippen LogP contribution in [0.1, 0.15) is 10.4 Å². The monoisotopic (exact) mass is 289 g/mol. The molecule has 0 bridgehead atoms. The lowest BCUT2D eigenvalue weighted by molar-refractivity contribution is 0.608. The first-order valence-corrected chi connectivity index (χ1v) is 7.58. The summed E-state index contributed by atoms with van der Waals surface area (Å²) in [7, 11) is 0. The second kappa shape index (κ2) is 5.94. The molecule has 0 saturated carbocycles. The van der Waals surface area contributed by atoms with E-state index in [1.54, 1.807) is 29.3 Å². The first kappa shape index (κ1) is 12.3. The molecule has 5 nitrogen and oxygen atoms in total. The van der Waals surface area contributed by atoms with Crippen LogP contribution in [-0.2, 0) is 12.3 Å². The number of thioether (sulfide) groups is 1. The molecule has 0 aliphatic rings. The maximum absolute atomic E-state index is 4.10. The van der Waals surface area contributed by atoms with Crippen molar-refractivity contribution in [3.8, 4) is 0 Å². The highest BCUT2D eigenvalue weighted by molar-refractivity contribution is 7.98. The predicted molar refractivity (Wildman–Crippen MR) is 75.0 cm³/mol. The van der Waals surface area contributed by atoms with E-state index in [9.17, 15) is 0 Å². The van der Waals surface area contributed by atoms with Crippen molar-refractivity contribution in [1.29, 1.82) is 0 Å². The Labute approximate surface area is 118 Å². The largest absolute Gasteiger partial charge is 0.264 e. The van der Waals surface area contributed by atoms with Gasteiger partial charge in [0, 0.05) is 23.0 Å². The minimum atomic E-state index is 0.722. The lowest BCUT2D eigenvalue weighted by Gasteiger charge is -2.02. The summed E-state index contributed by atoms with van der Waals surface area (Å²) >= 11 is 3.33. The first-order chi connectivity index (χ1) is 9.42. The van der Waals surface area contributed by atoms with Gasteiger partial charge in [0.15, 0.2) is 0 Å². The van der Waals surface area contributed by atoms with Crippen LogP contribution in [0.5, 0.6) is 0 Å². The van der Waals surface area contributed by atoms with Gasteiger partial charge in [-0.2, -0.15) is 0 Å². The van der Waals surface area contributed by atoms with E-state index in [0.29, 0.717) is 0 Å². The van der Waals surface area contributed by atoms with Gasteiger partial charge in [-0.25, -0.2) is 4.68 Å². The third-order valence-electron chi connectivity index (χ3n) is 2.48. The molecule has 0 unspecified atom stereocenters. The molecule has 96 valence electrons. The summed E-state index contributed by atoms with van der Waals surface area (Å²) in [5.41, 5.74) is 1.16. The van der Waals surface area contributed by atoms with Crippen molar-refractivity contribution in [2.75, 3.05) is 0 Å². The smallest absolute Gasteiger partial charge is 0.209 e. The first-order valence-electron chi connectivity index (χ1n) is 5.72. The zero-order chi connectivity index (χ0) is 12.9. The fourth-order valence-corrected chi connectivity index (χ4v) is 3.08. The Morgan fingerprint density at radius 3 is 3.05 bits per heavy atom. The molecule has 3 rings (SSSR count). The molecule has 0 spiro atoms. The topological polar surface area (TPSA) is 56.5 Å². The highest BCUT2D eigenvalue weighted by Gasteiger charge is 2.08. The van der Waals surface area contributed by atoms with Gasteiger partial charge in [-0.1, -0.05) is 23.9 Å². The van der Waals surface area contributed by atoms with Crippen LogP contribution in [0.4, 0.5) is 0 Å². The molecule has 0 saturated heterocycles. The number of rotatable bonds is 5. The maximum atomic E-state index is 4.10. The number of tetrazole rings is 1. The second-order valence-electron chi connectivity index (χ2n) is 3.85. The standard InChI is InChI=1S/C12H11N5S2/c1-3-10(7-13-5-1)9-19-12-14-15-16-17(12)8-11-4-2-6-18-11/h1-7H,8-9H2. The third-order valence-corrected chi connectivity index (χ3v) is 4.36. The Morgan fingerprint density at radius 2 is 2.26 bits per heavy atom. The van der Waals surface area contributed by atoms with E-state index in [1.807, 2.05) is 29.1 Å². The summed E-state index contributed by atoms with van der Waals surface area (Å²) in [5, 5.41) is 14.7. The molecule has 0 radical (unpaired) electrons. The van der Waals surface area contributed by atoms with Crippen molar-refractivity contribution >= 4 is 23.1 Å². The van der Waals surface area contributed by atoms with E-state index in [-0.39, 0.29) is 0 Å². The molecular weight excluding hydrogens is 278 g/mol. The van der Waals surface area contributed by atoms with Crippen molar-refractivity contribution in [1.82, 2.24) is 25.2 Å². The van der Waals surface area contributed by atoms with Crippen molar-refractivity contribution < 1.29 is 0 Å². The molecule has 3 aromatic rings. The average molecular weight is 289 g/mol. The quantitative estimate of drug-likeness (QED) is 0.675. The Morgan fingerprint density at radius 1 is 1.26 bits per heavy atom. The minimum absolute atomic E-state index is 0.722. The molecule has 7 heteroatoms. The number of nitrogens with zero attached hydrogens (tertiary/aromatic N) is 5. The number of hydrogen-bond donors (Lipinski definition) is 0. The molecule has 0 amide bonds. The van der Waals surface area contributed by atoms with E-state index in [1.165, 1.54) is 4.88 Å². The normalized spacial score (nSPS) is 10.7. The highest BCUT2D eigenvalue weighted by Crippen LogP contribution is 2.20. The lowest BCUT2D eigenvalue weighted by atomic mass is 10.3. The van der Waals surface area contributed by atoms with E-state index in [2.05, 4.69) is 32.0 Å². The number of aromatic nitrogens is 5. The van der Waals surface area contributed by atoms with Gasteiger partial charge in [0.2, 0.25) is 5.16 Å². The molecule has 0 atom stereocenters. The Kier molecular flexibility index (Phi) is 3.85. The highest BCUT2D eigenvalue weighted by atomic mass is 32.2. The average Bonchev–Trinajstić information content (AvgIpc) is 3.10. The van der Waals surface area contributed by atoms with Crippen LogP contribution in [0, 0.1) is 0 Å². The Balaban J connectivity index is 1.67. The van der Waals surface area contributed by atoms with Crippen LogP contribution in [0.25, 0.3) is 0 Å². The minimum Gasteiger partial charge on any atom is -0.264 e. The van der Waals surface area contributed by atoms with Crippen LogP contribution in [0.15, 0.2) is 47.2 Å². The van der Waals surface area contributed by atoms with Crippen molar-refractivity contribution in [3.05, 3.63) is 52.5 Å². The number of pyridine rings is 1. The fourth-order valence-electron chi connectivity index (χ4n) is 1.58. The zero-order valence-corrected chi connectivity index (χ0v) is 11.6. The maximum Gasteiger partial charge on any atom is 0.209 e. The van der Waals surface area contributed by atoms with Crippen LogP contribution >= 0.6 is 23.1 Å². The number of hydrogen-bond acceptors (Lipinski definition) is 6. The molecule has 3 heterocycles. The van der Waals surface area contributed by atoms with Gasteiger partial charge in [0.25, 0.3) is 0 Å². The third kappa shape index (κ3) is 3.18. The molecular formula is C12H11N5S2. The van der Waals surface area contributed by atoms with Gasteiger partial charge in [-0.15, -0.1) is 16.4 Å². The van der Waals surface area contributed by atoms with Gasteiger partial charge in [-0.3, -0.25) is 4.98 Å². The van der Waals surface area contributed by atoms with Gasteiger partial charge < -0.3 is 0 Å². The van der Waals surface area contributed by atoms with Crippen LogP contribution in [0.3, 0.4) is 0 Å². The number of thiophene rings is 1. The van der Waals surface area contributed by atoms with Crippen molar-refractivity contribution in [2.24, 2.45) is 0 Å². The van der Waals surface area contributed by atoms with Crippen molar-refractivity contribution in [2.45, 2.75) is 17.5 Å². The SMILES string of the molecule is c1cncc(CSc2nnnn2Cc2cccs2)c1. The van der Waals surface area contributed by atoms with Gasteiger partial charge in [0.1, 0.15) is 0 Å². The van der Waals surface area contributed by atoms with Gasteiger partial charge in [-0.05, 0) is 33.5 Å². The summed E-state index contributed by atoms with van der Waals surface area (Å²) in [5.74, 6) is 0.818. The molecule has 3 aromatic heterocycles. The molecule has 0 aliphatic carbocycles. The van der Waals surface area contributed by atoms with E-state index in [0.717, 1.165) is 23.0 Å².